The molecule has 2 fully saturated rings. The molecule has 0 unspecified atom stereocenters. The molecule has 15 atom stereocenters. The van der Waals surface area contributed by atoms with Crippen LogP contribution >= 0.6 is 0 Å². The van der Waals surface area contributed by atoms with Crippen LogP contribution in [0.25, 0.3) is 0 Å². The van der Waals surface area contributed by atoms with E-state index in [-0.39, 0.29) is 0 Å². The number of hydrogen-bond donors (Lipinski definition) is 12. The van der Waals surface area contributed by atoms with Crippen molar-refractivity contribution in [2.75, 3.05) is 26.4 Å². The van der Waals surface area contributed by atoms with Gasteiger partial charge in [-0.15, -0.1) is 0 Å². The van der Waals surface area contributed by atoms with Gasteiger partial charge in [-0.3, -0.25) is 0 Å². The lowest BCUT2D eigenvalue weighted by Gasteiger charge is -2.46. The van der Waals surface area contributed by atoms with Gasteiger partial charge in [0.1, 0.15) is 86.0 Å². The first-order valence-corrected chi connectivity index (χ1v) is 12.0. The van der Waals surface area contributed by atoms with Crippen LogP contribution < -0.4 is 0 Å². The van der Waals surface area contributed by atoms with Crippen LogP contribution in [-0.2, 0) is 28.5 Å². The van der Waals surface area contributed by atoms with Crippen molar-refractivity contribution in [1.82, 2.24) is 0 Å². The molecule has 0 aliphatic carbocycles. The van der Waals surface area contributed by atoms with E-state index < -0.39 is 124 Å². The molecule has 0 bridgehead atoms. The van der Waals surface area contributed by atoms with E-state index in [1.165, 1.54) is 0 Å². The molecule has 2 aliphatic rings. The van der Waals surface area contributed by atoms with Gasteiger partial charge in [-0.1, -0.05) is 0 Å². The Balaban J connectivity index is 2.19. The summed E-state index contributed by atoms with van der Waals surface area (Å²) in [5.41, 5.74) is 0. The van der Waals surface area contributed by atoms with E-state index in [1.807, 2.05) is 0 Å². The zero-order valence-corrected chi connectivity index (χ0v) is 20.8. The van der Waals surface area contributed by atoms with Gasteiger partial charge in [-0.25, -0.2) is 4.79 Å². The Bertz CT molecular complexity index is 738. The lowest BCUT2D eigenvalue weighted by Crippen LogP contribution is -2.65. The van der Waals surface area contributed by atoms with Gasteiger partial charge < -0.3 is 85.0 Å². The molecule has 0 amide bonds. The SMILES string of the molecule is C[C@@H](O)C(=O)OC[C@@H](O)[C@H](O[C@H]1O[C@H](CO)[C@@H](O[C@@H]2O[C@H](CO)[C@@H](O)[C@H](O)[C@H]2O)[C@H](O)[C@H]1O)[C@H](O)[C@@H](O)CO. The molecule has 2 aliphatic heterocycles. The molecule has 2 saturated heterocycles. The smallest absolute Gasteiger partial charge is 0.334 e. The Morgan fingerprint density at radius 3 is 1.87 bits per heavy atom. The summed E-state index contributed by atoms with van der Waals surface area (Å²) in [4.78, 5) is 11.5. The highest BCUT2D eigenvalue weighted by atomic mass is 16.7. The summed E-state index contributed by atoms with van der Waals surface area (Å²) in [6.07, 6.45) is -27.2. The molecular weight excluding hydrogens is 540 g/mol. The molecule has 2 rings (SSSR count). The second-order valence-corrected chi connectivity index (χ2v) is 9.22. The predicted octanol–water partition coefficient (Wildman–Crippen LogP) is -8.01. The normalized spacial score (nSPS) is 39.4. The molecule has 0 saturated carbocycles. The van der Waals surface area contributed by atoms with Crippen molar-refractivity contribution >= 4 is 5.97 Å². The topological polar surface area (TPSA) is 306 Å². The van der Waals surface area contributed by atoms with Crippen LogP contribution in [0.3, 0.4) is 0 Å². The van der Waals surface area contributed by atoms with E-state index in [2.05, 4.69) is 4.74 Å². The van der Waals surface area contributed by atoms with Gasteiger partial charge in [0.05, 0.1) is 19.8 Å². The molecule has 2 heterocycles. The summed E-state index contributed by atoms with van der Waals surface area (Å²) >= 11 is 0. The van der Waals surface area contributed by atoms with Crippen LogP contribution in [0.2, 0.25) is 0 Å². The van der Waals surface area contributed by atoms with Gasteiger partial charge in [0.2, 0.25) is 0 Å². The monoisotopic (exact) mass is 578 g/mol. The first kappa shape index (κ1) is 34.0. The molecule has 18 nitrogen and oxygen atoms in total. The summed E-state index contributed by atoms with van der Waals surface area (Å²) in [7, 11) is 0. The Hall–Kier alpha value is -1.17. The van der Waals surface area contributed by atoms with Gasteiger partial charge in [0.25, 0.3) is 0 Å². The van der Waals surface area contributed by atoms with Crippen LogP contribution in [0.15, 0.2) is 0 Å². The molecule has 0 aromatic rings. The molecule has 0 aromatic heterocycles. The lowest BCUT2D eigenvalue weighted by molar-refractivity contribution is -0.368. The highest BCUT2D eigenvalue weighted by Gasteiger charge is 2.52. The third-order valence-corrected chi connectivity index (χ3v) is 6.29. The van der Waals surface area contributed by atoms with Crippen molar-refractivity contribution < 1.29 is 89.8 Å². The molecule has 39 heavy (non-hydrogen) atoms. The van der Waals surface area contributed by atoms with Gasteiger partial charge in [-0.05, 0) is 6.92 Å². The van der Waals surface area contributed by atoms with Crippen molar-refractivity contribution in [3.8, 4) is 0 Å². The van der Waals surface area contributed by atoms with E-state index in [4.69, 9.17) is 18.9 Å². The average Bonchev–Trinajstić information content (AvgIpc) is 2.92. The second-order valence-electron chi connectivity index (χ2n) is 9.22. The molecule has 0 spiro atoms. The minimum absolute atomic E-state index is 0.783. The van der Waals surface area contributed by atoms with E-state index >= 15 is 0 Å². The molecular formula is C21H38O18. The maximum atomic E-state index is 11.5. The zero-order chi connectivity index (χ0) is 29.6. The second kappa shape index (κ2) is 15.2. The van der Waals surface area contributed by atoms with Crippen LogP contribution in [0.4, 0.5) is 0 Å². The van der Waals surface area contributed by atoms with Gasteiger partial charge in [0, 0.05) is 0 Å². The third-order valence-electron chi connectivity index (χ3n) is 6.29. The van der Waals surface area contributed by atoms with Gasteiger partial charge in [-0.2, -0.15) is 0 Å². The average molecular weight is 579 g/mol. The number of carbonyl (C=O) groups excluding carboxylic acids is 1. The quantitative estimate of drug-likeness (QED) is 0.0903. The Labute approximate surface area is 221 Å². The highest BCUT2D eigenvalue weighted by molar-refractivity contribution is 5.73. The summed E-state index contributed by atoms with van der Waals surface area (Å²) < 4.78 is 26.0. The standard InChI is InChI=1S/C21H38O18/c1-6(25)19(34)35-5-8(27)17(11(28)7(26)2-22)38-21-16(33)14(31)18(10(4-24)37-21)39-20-15(32)13(30)12(29)9(3-23)36-20/h6-18,20-33H,2-5H2,1H3/t6-,7+,8-,9-,10-,11-,12-,13+,14-,15-,16-,17+,18-,20+,21-/m1/s1. The first-order chi connectivity index (χ1) is 18.3. The summed E-state index contributed by atoms with van der Waals surface area (Å²) in [6, 6.07) is 0. The Morgan fingerprint density at radius 1 is 0.769 bits per heavy atom. The van der Waals surface area contributed by atoms with Crippen LogP contribution in [0.5, 0.6) is 0 Å². The van der Waals surface area contributed by atoms with Crippen molar-refractivity contribution in [2.24, 2.45) is 0 Å². The number of rotatable bonds is 13. The number of carbonyl (C=O) groups is 1. The number of esters is 1. The molecule has 230 valence electrons. The van der Waals surface area contributed by atoms with Gasteiger partial charge in [0.15, 0.2) is 12.6 Å². The Kier molecular flexibility index (Phi) is 13.2. The predicted molar refractivity (Wildman–Crippen MR) is 119 cm³/mol. The summed E-state index contributed by atoms with van der Waals surface area (Å²) in [5, 5.41) is 119. The molecule has 18 heteroatoms. The van der Waals surface area contributed by atoms with E-state index in [1.54, 1.807) is 0 Å². The summed E-state index contributed by atoms with van der Waals surface area (Å²) in [6.45, 7) is -2.51. The maximum Gasteiger partial charge on any atom is 0.334 e. The summed E-state index contributed by atoms with van der Waals surface area (Å²) in [5.74, 6) is -1.15. The minimum Gasteiger partial charge on any atom is -0.461 e. The van der Waals surface area contributed by atoms with Crippen molar-refractivity contribution in [3.63, 3.8) is 0 Å². The largest absolute Gasteiger partial charge is 0.461 e. The maximum absolute atomic E-state index is 11.5. The van der Waals surface area contributed by atoms with E-state index in [0.29, 0.717) is 0 Å². The molecule has 0 aromatic carbocycles. The molecule has 12 N–H and O–H groups in total. The number of hydrogen-bond acceptors (Lipinski definition) is 18. The zero-order valence-electron chi connectivity index (χ0n) is 20.8. The molecule has 0 radical (unpaired) electrons. The minimum atomic E-state index is -2.07. The van der Waals surface area contributed by atoms with E-state index in [0.717, 1.165) is 6.92 Å². The number of aliphatic hydroxyl groups is 12. The fourth-order valence-electron chi connectivity index (χ4n) is 3.93. The van der Waals surface area contributed by atoms with Crippen molar-refractivity contribution in [3.05, 3.63) is 0 Å². The van der Waals surface area contributed by atoms with Crippen molar-refractivity contribution in [1.29, 1.82) is 0 Å². The number of aliphatic hydroxyl groups excluding tert-OH is 12. The van der Waals surface area contributed by atoms with Crippen LogP contribution in [0, 0.1) is 0 Å². The Morgan fingerprint density at radius 2 is 1.33 bits per heavy atom. The van der Waals surface area contributed by atoms with E-state index in [9.17, 15) is 66.1 Å². The highest BCUT2D eigenvalue weighted by Crippen LogP contribution is 2.30. The third kappa shape index (κ3) is 8.20. The first-order valence-electron chi connectivity index (χ1n) is 12.0. The van der Waals surface area contributed by atoms with Crippen LogP contribution in [-0.4, -0.2) is 186 Å². The van der Waals surface area contributed by atoms with Crippen LogP contribution in [0.1, 0.15) is 6.92 Å². The fourth-order valence-corrected chi connectivity index (χ4v) is 3.93. The van der Waals surface area contributed by atoms with Crippen molar-refractivity contribution in [2.45, 2.75) is 98.9 Å². The van der Waals surface area contributed by atoms with Gasteiger partial charge >= 0.3 is 5.97 Å². The fraction of sp³-hybridized carbons (Fsp3) is 0.952. The lowest BCUT2D eigenvalue weighted by atomic mass is 9.96. The number of ether oxygens (including phenoxy) is 5.